The highest BCUT2D eigenvalue weighted by Crippen LogP contribution is 2.40. The molecule has 29 heavy (non-hydrogen) atoms. The van der Waals surface area contributed by atoms with Crippen LogP contribution in [-0.2, 0) is 6.18 Å². The number of hydrogen-bond acceptors (Lipinski definition) is 7. The third kappa shape index (κ3) is 4.52. The molecule has 3 rings (SSSR count). The topological polar surface area (TPSA) is 76.4 Å². The number of pyridine rings is 1. The van der Waals surface area contributed by atoms with E-state index in [0.29, 0.717) is 24.3 Å². The third-order valence-electron chi connectivity index (χ3n) is 4.40. The van der Waals surface area contributed by atoms with Crippen molar-refractivity contribution >= 4 is 11.4 Å². The average molecular weight is 406 g/mol. The third-order valence-corrected chi connectivity index (χ3v) is 4.40. The van der Waals surface area contributed by atoms with E-state index in [1.807, 2.05) is 25.1 Å². The van der Waals surface area contributed by atoms with E-state index in [0.717, 1.165) is 6.07 Å². The lowest BCUT2D eigenvalue weighted by atomic mass is 10.0. The van der Waals surface area contributed by atoms with Crippen molar-refractivity contribution < 1.29 is 17.9 Å². The van der Waals surface area contributed by atoms with E-state index in [1.54, 1.807) is 18.1 Å². The number of aromatic nitrogens is 1. The van der Waals surface area contributed by atoms with Gasteiger partial charge >= 0.3 is 6.18 Å². The SMILES string of the molecule is CN(C)CCCOc1ccc(-c2cc3c(c(C#N)n2)NNN3C)cc1C(F)(F)F. The summed E-state index contributed by atoms with van der Waals surface area (Å²) in [7, 11) is 5.49. The van der Waals surface area contributed by atoms with Crippen molar-refractivity contribution in [2.75, 3.05) is 44.7 Å². The lowest BCUT2D eigenvalue weighted by Crippen LogP contribution is -2.31. The van der Waals surface area contributed by atoms with Crippen LogP contribution in [0.2, 0.25) is 0 Å². The van der Waals surface area contributed by atoms with Gasteiger partial charge in [0.25, 0.3) is 0 Å². The number of ether oxygens (including phenoxy) is 1. The van der Waals surface area contributed by atoms with E-state index in [9.17, 15) is 18.4 Å². The Balaban J connectivity index is 1.95. The van der Waals surface area contributed by atoms with Crippen LogP contribution in [-0.4, -0.2) is 44.2 Å². The second-order valence-electron chi connectivity index (χ2n) is 6.87. The van der Waals surface area contributed by atoms with Crippen molar-refractivity contribution in [2.24, 2.45) is 0 Å². The Hall–Kier alpha value is -3.03. The Labute approximate surface area is 166 Å². The summed E-state index contributed by atoms with van der Waals surface area (Å²) in [5, 5.41) is 11.0. The Kier molecular flexibility index (Phi) is 5.81. The molecule has 0 unspecified atom stereocenters. The molecule has 7 nitrogen and oxygen atoms in total. The Bertz CT molecular complexity index is 939. The van der Waals surface area contributed by atoms with E-state index >= 15 is 0 Å². The molecule has 0 amide bonds. The molecule has 0 radical (unpaired) electrons. The molecule has 2 N–H and O–H groups in total. The lowest BCUT2D eigenvalue weighted by molar-refractivity contribution is -0.138. The van der Waals surface area contributed by atoms with Crippen LogP contribution in [0.3, 0.4) is 0 Å². The lowest BCUT2D eigenvalue weighted by Gasteiger charge is -2.17. The molecule has 2 aromatic rings. The second-order valence-corrected chi connectivity index (χ2v) is 6.87. The average Bonchev–Trinajstić information content (AvgIpc) is 3.04. The highest BCUT2D eigenvalue weighted by atomic mass is 19.4. The van der Waals surface area contributed by atoms with E-state index in [-0.39, 0.29) is 29.3 Å². The summed E-state index contributed by atoms with van der Waals surface area (Å²) in [5.41, 5.74) is 6.46. The van der Waals surface area contributed by atoms with Crippen LogP contribution in [0.1, 0.15) is 17.7 Å². The fourth-order valence-corrected chi connectivity index (χ4v) is 2.95. The molecule has 0 aliphatic carbocycles. The van der Waals surface area contributed by atoms with Crippen LogP contribution in [0.5, 0.6) is 5.75 Å². The van der Waals surface area contributed by atoms with Gasteiger partial charge in [-0.2, -0.15) is 18.4 Å². The molecular weight excluding hydrogens is 385 g/mol. The van der Waals surface area contributed by atoms with Crippen molar-refractivity contribution in [1.82, 2.24) is 15.4 Å². The molecule has 1 aromatic heterocycles. The second kappa shape index (κ2) is 8.14. The van der Waals surface area contributed by atoms with Gasteiger partial charge in [-0.25, -0.2) is 4.98 Å². The first-order valence-electron chi connectivity index (χ1n) is 8.90. The molecule has 1 aliphatic rings. The highest BCUT2D eigenvalue weighted by molar-refractivity contribution is 5.81. The molecule has 0 fully saturated rings. The monoisotopic (exact) mass is 406 g/mol. The minimum Gasteiger partial charge on any atom is -0.493 e. The number of nitrogens with zero attached hydrogens (tertiary/aromatic N) is 4. The van der Waals surface area contributed by atoms with Crippen LogP contribution in [0.25, 0.3) is 11.3 Å². The van der Waals surface area contributed by atoms with Gasteiger partial charge in [0.1, 0.15) is 17.5 Å². The minimum atomic E-state index is -4.58. The van der Waals surface area contributed by atoms with Crippen LogP contribution in [0.15, 0.2) is 24.3 Å². The summed E-state index contributed by atoms with van der Waals surface area (Å²) in [4.78, 5) is 6.15. The quantitative estimate of drug-likeness (QED) is 0.713. The number of halogens is 3. The van der Waals surface area contributed by atoms with Crippen LogP contribution >= 0.6 is 0 Å². The molecule has 1 aromatic carbocycles. The Morgan fingerprint density at radius 1 is 1.28 bits per heavy atom. The minimum absolute atomic E-state index is 0.0897. The molecule has 10 heteroatoms. The first-order valence-corrected chi connectivity index (χ1v) is 8.90. The number of nitriles is 1. The van der Waals surface area contributed by atoms with Crippen molar-refractivity contribution in [3.63, 3.8) is 0 Å². The van der Waals surface area contributed by atoms with E-state index in [2.05, 4.69) is 15.9 Å². The highest BCUT2D eigenvalue weighted by Gasteiger charge is 2.35. The number of rotatable bonds is 6. The van der Waals surface area contributed by atoms with Gasteiger partial charge in [-0.05, 0) is 44.8 Å². The summed E-state index contributed by atoms with van der Waals surface area (Å²) < 4.78 is 46.3. The zero-order valence-corrected chi connectivity index (χ0v) is 16.3. The molecule has 1 aliphatic heterocycles. The normalized spacial score (nSPS) is 13.2. The van der Waals surface area contributed by atoms with Crippen molar-refractivity contribution in [2.45, 2.75) is 12.6 Å². The number of nitrogens with one attached hydrogen (secondary N) is 2. The molecule has 154 valence electrons. The smallest absolute Gasteiger partial charge is 0.419 e. The molecule has 0 saturated heterocycles. The van der Waals surface area contributed by atoms with Gasteiger partial charge in [0.15, 0.2) is 5.69 Å². The van der Waals surface area contributed by atoms with E-state index in [4.69, 9.17) is 4.74 Å². The zero-order chi connectivity index (χ0) is 21.2. The van der Waals surface area contributed by atoms with Gasteiger partial charge in [0.2, 0.25) is 0 Å². The van der Waals surface area contributed by atoms with Crippen LogP contribution in [0, 0.1) is 11.3 Å². The number of hydrazine groups is 2. The fourth-order valence-electron chi connectivity index (χ4n) is 2.95. The maximum absolute atomic E-state index is 13.6. The number of benzene rings is 1. The fraction of sp³-hybridized carbons (Fsp3) is 0.368. The summed E-state index contributed by atoms with van der Waals surface area (Å²) in [6.07, 6.45) is -3.97. The van der Waals surface area contributed by atoms with Crippen molar-refractivity contribution in [3.8, 4) is 23.1 Å². The van der Waals surface area contributed by atoms with Gasteiger partial charge in [-0.3, -0.25) is 10.4 Å². The van der Waals surface area contributed by atoms with Crippen LogP contribution < -0.4 is 20.7 Å². The molecule has 2 heterocycles. The first-order chi connectivity index (χ1) is 13.7. The zero-order valence-electron chi connectivity index (χ0n) is 16.3. The van der Waals surface area contributed by atoms with E-state index < -0.39 is 11.7 Å². The predicted octanol–water partition coefficient (Wildman–Crippen LogP) is 3.25. The summed E-state index contributed by atoms with van der Waals surface area (Å²) in [6, 6.07) is 7.41. The van der Waals surface area contributed by atoms with Crippen molar-refractivity contribution in [1.29, 1.82) is 5.26 Å². The molecular formula is C19H21F3N6O. The molecule has 0 atom stereocenters. The Morgan fingerprint density at radius 3 is 2.69 bits per heavy atom. The summed E-state index contributed by atoms with van der Waals surface area (Å²) >= 11 is 0. The van der Waals surface area contributed by atoms with Gasteiger partial charge in [-0.15, -0.1) is 5.53 Å². The van der Waals surface area contributed by atoms with Gasteiger partial charge < -0.3 is 9.64 Å². The predicted molar refractivity (Wildman–Crippen MR) is 103 cm³/mol. The first kappa shape index (κ1) is 20.7. The van der Waals surface area contributed by atoms with Gasteiger partial charge in [0.05, 0.1) is 23.6 Å². The maximum Gasteiger partial charge on any atom is 0.419 e. The number of hydrogen-bond donors (Lipinski definition) is 2. The molecule has 0 bridgehead atoms. The van der Waals surface area contributed by atoms with Crippen LogP contribution in [0.4, 0.5) is 24.5 Å². The van der Waals surface area contributed by atoms with Gasteiger partial charge in [0, 0.05) is 19.2 Å². The maximum atomic E-state index is 13.6. The number of anilines is 2. The summed E-state index contributed by atoms with van der Waals surface area (Å²) in [6.45, 7) is 0.892. The summed E-state index contributed by atoms with van der Waals surface area (Å²) in [5.74, 6) is -0.220. The number of fused-ring (bicyclic) bond motifs is 1. The number of alkyl halides is 3. The Morgan fingerprint density at radius 2 is 2.03 bits per heavy atom. The van der Waals surface area contributed by atoms with Gasteiger partial charge in [-0.1, -0.05) is 0 Å². The van der Waals surface area contributed by atoms with E-state index in [1.165, 1.54) is 12.1 Å². The molecule has 0 spiro atoms. The van der Waals surface area contributed by atoms with Crippen molar-refractivity contribution in [3.05, 3.63) is 35.5 Å². The molecule has 0 saturated carbocycles. The largest absolute Gasteiger partial charge is 0.493 e. The standard InChI is InChI=1S/C19H21F3N6O/c1-27(2)7-4-8-29-17-6-5-12(9-13(17)19(20,21)22)14-10-16-18(15(11-23)24-14)25-26-28(16)3/h5-6,9-10,25-26H,4,7-8H2,1-3H3.